The molecule has 0 aliphatic carbocycles. The summed E-state index contributed by atoms with van der Waals surface area (Å²) in [5.74, 6) is -0.0541. The standard InChI is InChI=1S/C16H23INO6P/c1-16(2,3)23-15(20)18-13-8-6-12(7-9-13)10-14(19)11-25(21-4,22-5)24-17/h6-9H,10-11H2,1-5H3/p+1. The van der Waals surface area contributed by atoms with Crippen LogP contribution in [0.3, 0.4) is 0 Å². The van der Waals surface area contributed by atoms with Crippen molar-refractivity contribution in [1.82, 2.24) is 0 Å². The van der Waals surface area contributed by atoms with Crippen LogP contribution < -0.4 is 5.32 Å². The molecule has 0 heterocycles. The average molecular weight is 484 g/mol. The largest absolute Gasteiger partial charge is 0.444 e. The van der Waals surface area contributed by atoms with Gasteiger partial charge in [-0.25, -0.2) is 4.79 Å². The second-order valence-corrected chi connectivity index (χ2v) is 9.83. The topological polar surface area (TPSA) is 83.1 Å². The van der Waals surface area contributed by atoms with Crippen LogP contribution >= 0.6 is 30.9 Å². The quantitative estimate of drug-likeness (QED) is 0.430. The number of benzene rings is 1. The van der Waals surface area contributed by atoms with Gasteiger partial charge in [-0.3, -0.25) is 10.1 Å². The number of anilines is 1. The molecule has 0 radical (unpaired) electrons. The number of amides is 1. The van der Waals surface area contributed by atoms with Crippen molar-refractivity contribution in [3.05, 3.63) is 29.8 Å². The Bertz CT molecular complexity index is 575. The van der Waals surface area contributed by atoms with Gasteiger partial charge in [0.25, 0.3) is 0 Å². The van der Waals surface area contributed by atoms with E-state index in [-0.39, 0.29) is 18.4 Å². The third-order valence-corrected chi connectivity index (χ3v) is 6.90. The molecule has 0 atom stereocenters. The fourth-order valence-corrected chi connectivity index (χ4v) is 4.41. The zero-order valence-electron chi connectivity index (χ0n) is 15.0. The molecule has 7 nitrogen and oxygen atoms in total. The predicted molar refractivity (Wildman–Crippen MR) is 106 cm³/mol. The van der Waals surface area contributed by atoms with Crippen molar-refractivity contribution in [2.24, 2.45) is 0 Å². The van der Waals surface area contributed by atoms with Crippen LogP contribution in [0, 0.1) is 0 Å². The summed E-state index contributed by atoms with van der Waals surface area (Å²) in [6.07, 6.45) is -0.229. The highest BCUT2D eigenvalue weighted by atomic mass is 127. The lowest BCUT2D eigenvalue weighted by Gasteiger charge is -2.19. The first kappa shape index (κ1) is 22.2. The van der Waals surface area contributed by atoms with E-state index in [0.717, 1.165) is 5.56 Å². The second-order valence-electron chi connectivity index (χ2n) is 6.24. The highest BCUT2D eigenvalue weighted by molar-refractivity contribution is 14.1. The van der Waals surface area contributed by atoms with Crippen LogP contribution in [0.25, 0.3) is 0 Å². The molecular weight excluding hydrogens is 460 g/mol. The summed E-state index contributed by atoms with van der Waals surface area (Å²) in [7, 11) is 0.300. The number of carbonyl (C=O) groups excluding carboxylic acids is 2. The number of rotatable bonds is 8. The van der Waals surface area contributed by atoms with Crippen LogP contribution in [0.1, 0.15) is 26.3 Å². The van der Waals surface area contributed by atoms with Gasteiger partial charge in [-0.2, -0.15) is 9.05 Å². The molecule has 9 heteroatoms. The number of nitrogens with one attached hydrogen (secondary N) is 1. The van der Waals surface area contributed by atoms with Gasteiger partial charge in [0.05, 0.1) is 14.2 Å². The maximum Gasteiger partial charge on any atom is 0.429 e. The van der Waals surface area contributed by atoms with Gasteiger partial charge in [0.2, 0.25) is 0 Å². The molecule has 0 unspecified atom stereocenters. The van der Waals surface area contributed by atoms with Crippen LogP contribution in [-0.2, 0) is 27.9 Å². The minimum Gasteiger partial charge on any atom is -0.444 e. The van der Waals surface area contributed by atoms with Crippen LogP contribution in [0.4, 0.5) is 10.5 Å². The molecule has 1 aromatic rings. The van der Waals surface area contributed by atoms with E-state index in [0.29, 0.717) is 5.69 Å². The lowest BCUT2D eigenvalue weighted by atomic mass is 10.1. The molecule has 0 aliphatic heterocycles. The number of hydrogen-bond donors (Lipinski definition) is 1. The summed E-state index contributed by atoms with van der Waals surface area (Å²) < 4.78 is 20.8. The van der Waals surface area contributed by atoms with Gasteiger partial charge in [0, 0.05) is 12.1 Å². The highest BCUT2D eigenvalue weighted by Crippen LogP contribution is 2.62. The Kier molecular flexibility index (Phi) is 8.70. The van der Waals surface area contributed by atoms with E-state index in [1.165, 1.54) is 14.2 Å². The summed E-state index contributed by atoms with van der Waals surface area (Å²) in [5, 5.41) is 2.64. The number of ether oxygens (including phenoxy) is 1. The summed E-state index contributed by atoms with van der Waals surface area (Å²) in [5.41, 5.74) is 0.852. The maximum atomic E-state index is 12.2. The number of ketones is 1. The fourth-order valence-electron chi connectivity index (χ4n) is 1.91. The third-order valence-electron chi connectivity index (χ3n) is 3.03. The van der Waals surface area contributed by atoms with E-state index in [1.54, 1.807) is 68.0 Å². The smallest absolute Gasteiger partial charge is 0.429 e. The predicted octanol–water partition coefficient (Wildman–Crippen LogP) is 4.57. The first-order chi connectivity index (χ1) is 11.6. The highest BCUT2D eigenvalue weighted by Gasteiger charge is 2.45. The van der Waals surface area contributed by atoms with Gasteiger partial charge in [-0.15, -0.1) is 2.85 Å². The Morgan fingerprint density at radius 1 is 1.12 bits per heavy atom. The zero-order chi connectivity index (χ0) is 19.1. The molecule has 0 saturated carbocycles. The Balaban J connectivity index is 2.62. The first-order valence-electron chi connectivity index (χ1n) is 7.53. The maximum absolute atomic E-state index is 12.2. The van der Waals surface area contributed by atoms with Crippen molar-refractivity contribution in [1.29, 1.82) is 0 Å². The molecule has 1 aromatic carbocycles. The fraction of sp³-hybridized carbons (Fsp3) is 0.500. The van der Waals surface area contributed by atoms with Gasteiger partial charge in [-0.05, 0) is 38.5 Å². The Labute approximate surface area is 163 Å². The normalized spacial score (nSPS) is 11.9. The molecule has 0 spiro atoms. The van der Waals surface area contributed by atoms with Crippen molar-refractivity contribution in [3.8, 4) is 0 Å². The minimum absolute atomic E-state index is 0.0541. The van der Waals surface area contributed by atoms with Crippen molar-refractivity contribution in [2.45, 2.75) is 32.8 Å². The van der Waals surface area contributed by atoms with Crippen LogP contribution in [-0.4, -0.2) is 37.9 Å². The van der Waals surface area contributed by atoms with E-state index in [9.17, 15) is 9.59 Å². The van der Waals surface area contributed by atoms with Crippen molar-refractivity contribution >= 4 is 48.5 Å². The minimum atomic E-state index is -2.62. The number of Topliss-reactive ketones (excluding diaryl/α,β-unsaturated/α-hetero) is 1. The summed E-state index contributed by atoms with van der Waals surface area (Å²) >= 11 is 1.69. The summed E-state index contributed by atoms with van der Waals surface area (Å²) in [4.78, 5) is 23.9. The number of halogens is 1. The van der Waals surface area contributed by atoms with Gasteiger partial charge < -0.3 is 4.74 Å². The SMILES string of the molecule is CO[P+](CC(=O)Cc1ccc(NC(=O)OC(C)(C)C)cc1)(OC)OI. The lowest BCUT2D eigenvalue weighted by Crippen LogP contribution is -2.27. The Morgan fingerprint density at radius 2 is 1.68 bits per heavy atom. The monoisotopic (exact) mass is 484 g/mol. The van der Waals surface area contributed by atoms with E-state index in [2.05, 4.69) is 5.32 Å². The van der Waals surface area contributed by atoms with Gasteiger partial charge in [0.15, 0.2) is 35.0 Å². The molecule has 25 heavy (non-hydrogen) atoms. The Hall–Kier alpha value is -0.800. The molecule has 1 rings (SSSR count). The second kappa shape index (κ2) is 9.78. The number of hydrogen-bond acceptors (Lipinski definition) is 6. The van der Waals surface area contributed by atoms with Gasteiger partial charge in [-0.1, -0.05) is 12.1 Å². The van der Waals surface area contributed by atoms with Gasteiger partial charge >= 0.3 is 14.0 Å². The summed E-state index contributed by atoms with van der Waals surface area (Å²) in [6, 6.07) is 6.98. The molecular formula is C16H24INO6P+. The Morgan fingerprint density at radius 3 is 2.12 bits per heavy atom. The van der Waals surface area contributed by atoms with Gasteiger partial charge in [0.1, 0.15) is 5.60 Å². The van der Waals surface area contributed by atoms with Crippen molar-refractivity contribution in [3.63, 3.8) is 0 Å². The van der Waals surface area contributed by atoms with Crippen molar-refractivity contribution in [2.75, 3.05) is 25.7 Å². The van der Waals surface area contributed by atoms with Crippen LogP contribution in [0.15, 0.2) is 24.3 Å². The average Bonchev–Trinajstić information content (AvgIpc) is 2.53. The molecule has 0 bridgehead atoms. The first-order valence-corrected chi connectivity index (χ1v) is 10.1. The van der Waals surface area contributed by atoms with E-state index < -0.39 is 19.6 Å². The molecule has 1 N–H and O–H groups in total. The lowest BCUT2D eigenvalue weighted by molar-refractivity contribution is -0.116. The molecule has 0 aromatic heterocycles. The molecule has 0 aliphatic rings. The van der Waals surface area contributed by atoms with Crippen LogP contribution in [0.5, 0.6) is 0 Å². The van der Waals surface area contributed by atoms with E-state index in [1.807, 2.05) is 0 Å². The number of carbonyl (C=O) groups is 2. The molecule has 0 fully saturated rings. The van der Waals surface area contributed by atoms with Crippen molar-refractivity contribution < 1.29 is 26.2 Å². The zero-order valence-corrected chi connectivity index (χ0v) is 18.1. The van der Waals surface area contributed by atoms with E-state index >= 15 is 0 Å². The molecule has 0 saturated heterocycles. The van der Waals surface area contributed by atoms with E-state index in [4.69, 9.17) is 16.6 Å². The third kappa shape index (κ3) is 7.96. The van der Waals surface area contributed by atoms with Crippen LogP contribution in [0.2, 0.25) is 0 Å². The molecule has 140 valence electrons. The summed E-state index contributed by atoms with van der Waals surface area (Å²) in [6.45, 7) is 5.39. The molecule has 1 amide bonds.